The van der Waals surface area contributed by atoms with Crippen LogP contribution in [0.25, 0.3) is 0 Å². The average Bonchev–Trinajstić information content (AvgIpc) is 2.43. The fourth-order valence-electron chi connectivity index (χ4n) is 1.59. The largest absolute Gasteiger partial charge is 0.497 e. The molecule has 100 valence electrons. The molecule has 2 aromatic rings. The Morgan fingerprint density at radius 1 is 1.11 bits per heavy atom. The fourth-order valence-corrected chi connectivity index (χ4v) is 1.91. The van der Waals surface area contributed by atoms with E-state index >= 15 is 0 Å². The van der Waals surface area contributed by atoms with E-state index in [2.05, 4.69) is 4.98 Å². The second-order valence-corrected chi connectivity index (χ2v) is 4.70. The summed E-state index contributed by atoms with van der Waals surface area (Å²) in [5.41, 5.74) is 1.66. The zero-order valence-electron chi connectivity index (χ0n) is 10.4. The quantitative estimate of drug-likeness (QED) is 0.778. The monoisotopic (exact) mass is 297 g/mol. The Morgan fingerprint density at radius 3 is 2.74 bits per heavy atom. The van der Waals surface area contributed by atoms with E-state index in [-0.39, 0.29) is 0 Å². The molecule has 0 aliphatic rings. The molecule has 0 radical (unpaired) electrons. The van der Waals surface area contributed by atoms with Gasteiger partial charge in [0, 0.05) is 0 Å². The van der Waals surface area contributed by atoms with E-state index in [4.69, 9.17) is 32.7 Å². The molecule has 1 aromatic carbocycles. The number of hydrogen-bond donors (Lipinski definition) is 0. The van der Waals surface area contributed by atoms with Crippen molar-refractivity contribution in [3.8, 4) is 5.75 Å². The molecule has 19 heavy (non-hydrogen) atoms. The van der Waals surface area contributed by atoms with Gasteiger partial charge in [0.05, 0.1) is 31.0 Å². The van der Waals surface area contributed by atoms with Crippen molar-refractivity contribution in [1.29, 1.82) is 0 Å². The van der Waals surface area contributed by atoms with Gasteiger partial charge < -0.3 is 9.47 Å². The highest BCUT2D eigenvalue weighted by molar-refractivity contribution is 6.32. The summed E-state index contributed by atoms with van der Waals surface area (Å²) in [6.07, 6.45) is 0. The number of hydrogen-bond acceptors (Lipinski definition) is 3. The van der Waals surface area contributed by atoms with Crippen molar-refractivity contribution in [3.63, 3.8) is 0 Å². The van der Waals surface area contributed by atoms with Crippen LogP contribution in [0.5, 0.6) is 5.75 Å². The highest BCUT2D eigenvalue weighted by Crippen LogP contribution is 2.19. The number of ether oxygens (including phenoxy) is 2. The van der Waals surface area contributed by atoms with Crippen molar-refractivity contribution < 1.29 is 9.47 Å². The normalized spacial score (nSPS) is 10.5. The van der Waals surface area contributed by atoms with E-state index < -0.39 is 0 Å². The number of pyridine rings is 1. The standard InChI is InChI=1S/C14H13Cl2NO2/c1-18-11-4-2-3-10(7-11)8-19-9-13-12(15)5-6-14(16)17-13/h2-7H,8-9H2,1H3. The summed E-state index contributed by atoms with van der Waals surface area (Å²) in [5, 5.41) is 0.958. The van der Waals surface area contributed by atoms with Gasteiger partial charge in [-0.3, -0.25) is 0 Å². The number of benzene rings is 1. The van der Waals surface area contributed by atoms with Gasteiger partial charge in [0.2, 0.25) is 0 Å². The molecule has 0 amide bonds. The minimum absolute atomic E-state index is 0.316. The first-order valence-corrected chi connectivity index (χ1v) is 6.46. The van der Waals surface area contributed by atoms with Gasteiger partial charge in [0.15, 0.2) is 0 Å². The first-order valence-electron chi connectivity index (χ1n) is 5.70. The molecule has 0 N–H and O–H groups in total. The van der Waals surface area contributed by atoms with E-state index in [9.17, 15) is 0 Å². The Bertz CT molecular complexity index is 561. The molecule has 0 saturated heterocycles. The lowest BCUT2D eigenvalue weighted by molar-refractivity contribution is 0.104. The van der Waals surface area contributed by atoms with Crippen LogP contribution in [0, 0.1) is 0 Å². The summed E-state index contributed by atoms with van der Waals surface area (Å²) in [5.74, 6) is 0.806. The van der Waals surface area contributed by atoms with Gasteiger partial charge in [-0.15, -0.1) is 0 Å². The molecule has 0 spiro atoms. The van der Waals surface area contributed by atoms with Gasteiger partial charge in [0.25, 0.3) is 0 Å². The van der Waals surface area contributed by atoms with Gasteiger partial charge in [-0.05, 0) is 29.8 Å². The maximum Gasteiger partial charge on any atom is 0.129 e. The first-order chi connectivity index (χ1) is 9.19. The van der Waals surface area contributed by atoms with Crippen LogP contribution in [0.1, 0.15) is 11.3 Å². The van der Waals surface area contributed by atoms with Crippen molar-refractivity contribution in [3.05, 3.63) is 57.8 Å². The highest BCUT2D eigenvalue weighted by atomic mass is 35.5. The minimum Gasteiger partial charge on any atom is -0.497 e. The number of halogens is 2. The zero-order valence-corrected chi connectivity index (χ0v) is 11.9. The molecule has 0 fully saturated rings. The van der Waals surface area contributed by atoms with Crippen LogP contribution in [0.3, 0.4) is 0 Å². The summed E-state index contributed by atoms with van der Waals surface area (Å²) in [7, 11) is 1.63. The Morgan fingerprint density at radius 2 is 1.95 bits per heavy atom. The van der Waals surface area contributed by atoms with Crippen molar-refractivity contribution in [2.75, 3.05) is 7.11 Å². The van der Waals surface area contributed by atoms with Crippen LogP contribution in [0.4, 0.5) is 0 Å². The lowest BCUT2D eigenvalue weighted by Crippen LogP contribution is -1.98. The number of nitrogens with zero attached hydrogens (tertiary/aromatic N) is 1. The SMILES string of the molecule is COc1cccc(COCc2nc(Cl)ccc2Cl)c1. The Balaban J connectivity index is 1.94. The molecule has 0 aliphatic carbocycles. The predicted molar refractivity (Wildman–Crippen MR) is 75.7 cm³/mol. The van der Waals surface area contributed by atoms with Gasteiger partial charge >= 0.3 is 0 Å². The second kappa shape index (κ2) is 6.75. The van der Waals surface area contributed by atoms with Crippen LogP contribution >= 0.6 is 23.2 Å². The predicted octanol–water partition coefficient (Wildman–Crippen LogP) is 4.11. The Hall–Kier alpha value is -1.29. The Labute approximate surface area is 122 Å². The van der Waals surface area contributed by atoms with Crippen LogP contribution in [0.15, 0.2) is 36.4 Å². The molecule has 1 heterocycles. The molecule has 5 heteroatoms. The van der Waals surface area contributed by atoms with Crippen molar-refractivity contribution in [2.45, 2.75) is 13.2 Å². The third-order valence-electron chi connectivity index (χ3n) is 2.53. The van der Waals surface area contributed by atoms with Gasteiger partial charge in [0.1, 0.15) is 10.9 Å². The fraction of sp³-hybridized carbons (Fsp3) is 0.214. The summed E-state index contributed by atoms with van der Waals surface area (Å²) in [6, 6.07) is 11.1. The average molecular weight is 298 g/mol. The lowest BCUT2D eigenvalue weighted by atomic mass is 10.2. The molecule has 1 aromatic heterocycles. The smallest absolute Gasteiger partial charge is 0.129 e. The van der Waals surface area contributed by atoms with E-state index in [1.807, 2.05) is 24.3 Å². The summed E-state index contributed by atoms with van der Waals surface area (Å²) >= 11 is 11.8. The first kappa shape index (κ1) is 14.1. The van der Waals surface area contributed by atoms with Crippen molar-refractivity contribution in [1.82, 2.24) is 4.98 Å². The van der Waals surface area contributed by atoms with E-state index in [0.717, 1.165) is 11.3 Å². The Kier molecular flexibility index (Phi) is 5.02. The van der Waals surface area contributed by atoms with Gasteiger partial charge in [-0.1, -0.05) is 35.3 Å². The molecule has 2 rings (SSSR count). The van der Waals surface area contributed by atoms with Crippen LogP contribution in [-0.2, 0) is 18.0 Å². The van der Waals surface area contributed by atoms with Gasteiger partial charge in [-0.2, -0.15) is 0 Å². The van der Waals surface area contributed by atoms with Crippen LogP contribution in [0.2, 0.25) is 10.2 Å². The van der Waals surface area contributed by atoms with E-state index in [1.54, 1.807) is 19.2 Å². The highest BCUT2D eigenvalue weighted by Gasteiger charge is 2.04. The third kappa shape index (κ3) is 4.10. The molecule has 0 atom stereocenters. The molecule has 3 nitrogen and oxygen atoms in total. The zero-order chi connectivity index (χ0) is 13.7. The topological polar surface area (TPSA) is 31.4 Å². The summed E-state index contributed by atoms with van der Waals surface area (Å²) in [4.78, 5) is 4.12. The van der Waals surface area contributed by atoms with Crippen molar-refractivity contribution in [2.24, 2.45) is 0 Å². The number of rotatable bonds is 5. The molecule has 0 aliphatic heterocycles. The molecular formula is C14H13Cl2NO2. The molecule has 0 saturated carbocycles. The lowest BCUT2D eigenvalue weighted by Gasteiger charge is -2.07. The summed E-state index contributed by atoms with van der Waals surface area (Å²) in [6.45, 7) is 0.776. The van der Waals surface area contributed by atoms with Crippen LogP contribution < -0.4 is 4.74 Å². The maximum absolute atomic E-state index is 6.00. The number of aromatic nitrogens is 1. The minimum atomic E-state index is 0.316. The summed E-state index contributed by atoms with van der Waals surface area (Å²) < 4.78 is 10.7. The molecular weight excluding hydrogens is 285 g/mol. The van der Waals surface area contributed by atoms with Crippen LogP contribution in [-0.4, -0.2) is 12.1 Å². The molecule has 0 unspecified atom stereocenters. The molecule has 0 bridgehead atoms. The number of methoxy groups -OCH3 is 1. The van der Waals surface area contributed by atoms with Crippen molar-refractivity contribution >= 4 is 23.2 Å². The second-order valence-electron chi connectivity index (χ2n) is 3.91. The maximum atomic E-state index is 6.00. The van der Waals surface area contributed by atoms with Gasteiger partial charge in [-0.25, -0.2) is 4.98 Å². The third-order valence-corrected chi connectivity index (χ3v) is 3.08. The van der Waals surface area contributed by atoms with E-state index in [0.29, 0.717) is 29.1 Å². The van der Waals surface area contributed by atoms with E-state index in [1.165, 1.54) is 0 Å².